The highest BCUT2D eigenvalue weighted by atomic mass is 127. The summed E-state index contributed by atoms with van der Waals surface area (Å²) in [6.45, 7) is 8.84. The normalized spacial score (nSPS) is 16.0. The lowest BCUT2D eigenvalue weighted by Crippen LogP contribution is -2.46. The van der Waals surface area contributed by atoms with Crippen molar-refractivity contribution in [1.82, 2.24) is 15.1 Å². The number of guanidine groups is 1. The van der Waals surface area contributed by atoms with Crippen LogP contribution in [0.25, 0.3) is 0 Å². The number of piperidine rings is 1. The number of nitrogens with zero attached hydrogens (tertiary/aromatic N) is 3. The van der Waals surface area contributed by atoms with Gasteiger partial charge in [0.2, 0.25) is 5.91 Å². The van der Waals surface area contributed by atoms with Crippen LogP contribution in [0.2, 0.25) is 0 Å². The van der Waals surface area contributed by atoms with Crippen LogP contribution in [0.1, 0.15) is 33.1 Å². The molecule has 7 heteroatoms. The lowest BCUT2D eigenvalue weighted by Gasteiger charge is -2.33. The summed E-state index contributed by atoms with van der Waals surface area (Å²) in [6.07, 6.45) is 3.31. The minimum Gasteiger partial charge on any atom is -0.382 e. The first-order chi connectivity index (χ1) is 10.5. The Morgan fingerprint density at radius 1 is 1.35 bits per heavy atom. The van der Waals surface area contributed by atoms with Crippen molar-refractivity contribution in [3.63, 3.8) is 0 Å². The van der Waals surface area contributed by atoms with Crippen LogP contribution < -0.4 is 5.32 Å². The van der Waals surface area contributed by atoms with Crippen LogP contribution in [0.3, 0.4) is 0 Å². The summed E-state index contributed by atoms with van der Waals surface area (Å²) in [6, 6.07) is 0. The summed E-state index contributed by atoms with van der Waals surface area (Å²) in [5, 5.41) is 3.38. The Bertz CT molecular complexity index is 356. The Kier molecular flexibility index (Phi) is 12.5. The molecule has 0 aromatic heterocycles. The van der Waals surface area contributed by atoms with Gasteiger partial charge in [0.05, 0.1) is 0 Å². The van der Waals surface area contributed by atoms with Crippen LogP contribution in [0.4, 0.5) is 0 Å². The molecule has 0 aliphatic carbocycles. The van der Waals surface area contributed by atoms with E-state index in [0.29, 0.717) is 0 Å². The molecule has 0 saturated carbocycles. The standard InChI is InChI=1S/C16H32N4O2.HI/c1-5-22-12-6-9-17-16(18-13-15(21)19(3)4)20-10-7-14(2)8-11-20;/h14H,5-13H2,1-4H3,(H,17,18);1H. The maximum atomic E-state index is 11.7. The molecule has 1 aliphatic heterocycles. The van der Waals surface area contributed by atoms with Crippen LogP contribution in [-0.2, 0) is 9.53 Å². The predicted octanol–water partition coefficient (Wildman–Crippen LogP) is 1.80. The van der Waals surface area contributed by atoms with Crippen molar-refractivity contribution in [2.24, 2.45) is 10.9 Å². The first kappa shape index (κ1) is 22.4. The van der Waals surface area contributed by atoms with Crippen molar-refractivity contribution in [1.29, 1.82) is 0 Å². The zero-order chi connectivity index (χ0) is 16.4. The number of ether oxygens (including phenoxy) is 1. The quantitative estimate of drug-likeness (QED) is 0.284. The monoisotopic (exact) mass is 440 g/mol. The number of nitrogens with one attached hydrogen (secondary N) is 1. The van der Waals surface area contributed by atoms with Gasteiger partial charge >= 0.3 is 0 Å². The molecule has 0 spiro atoms. The lowest BCUT2D eigenvalue weighted by atomic mass is 10.00. The molecular weight excluding hydrogens is 407 g/mol. The van der Waals surface area contributed by atoms with Gasteiger partial charge in [-0.05, 0) is 32.1 Å². The minimum absolute atomic E-state index is 0. The molecule has 23 heavy (non-hydrogen) atoms. The Hall–Kier alpha value is -0.570. The third kappa shape index (κ3) is 9.34. The number of hydrogen-bond acceptors (Lipinski definition) is 3. The van der Waals surface area contributed by atoms with Gasteiger partial charge in [-0.2, -0.15) is 0 Å². The molecule has 1 N–H and O–H groups in total. The van der Waals surface area contributed by atoms with Crippen LogP contribution in [0.5, 0.6) is 0 Å². The van der Waals surface area contributed by atoms with E-state index in [-0.39, 0.29) is 36.4 Å². The average Bonchev–Trinajstić information content (AvgIpc) is 2.50. The number of halogens is 1. The molecule has 1 fully saturated rings. The molecule has 1 aliphatic rings. The molecule has 0 unspecified atom stereocenters. The van der Waals surface area contributed by atoms with Crippen LogP contribution in [-0.4, -0.2) is 75.2 Å². The van der Waals surface area contributed by atoms with E-state index in [1.54, 1.807) is 19.0 Å². The van der Waals surface area contributed by atoms with E-state index in [9.17, 15) is 4.79 Å². The van der Waals surface area contributed by atoms with E-state index in [1.165, 1.54) is 12.8 Å². The Morgan fingerprint density at radius 2 is 2.00 bits per heavy atom. The Labute approximate surface area is 158 Å². The molecular formula is C16H33IN4O2. The second kappa shape index (κ2) is 12.8. The molecule has 1 heterocycles. The van der Waals surface area contributed by atoms with E-state index in [1.807, 2.05) is 6.92 Å². The molecule has 136 valence electrons. The molecule has 0 atom stereocenters. The van der Waals surface area contributed by atoms with E-state index >= 15 is 0 Å². The summed E-state index contributed by atoms with van der Waals surface area (Å²) < 4.78 is 5.35. The van der Waals surface area contributed by atoms with Crippen molar-refractivity contribution in [3.8, 4) is 0 Å². The Balaban J connectivity index is 0.00000484. The van der Waals surface area contributed by atoms with Gasteiger partial charge in [0.1, 0.15) is 6.54 Å². The topological polar surface area (TPSA) is 57.2 Å². The van der Waals surface area contributed by atoms with E-state index in [4.69, 9.17) is 4.74 Å². The highest BCUT2D eigenvalue weighted by molar-refractivity contribution is 14.0. The zero-order valence-corrected chi connectivity index (χ0v) is 17.3. The molecule has 1 saturated heterocycles. The molecule has 0 aromatic rings. The van der Waals surface area contributed by atoms with E-state index < -0.39 is 0 Å². The first-order valence-electron chi connectivity index (χ1n) is 8.35. The SMILES string of the molecule is CCOCCCNC(=NCC(=O)N(C)C)N1CCC(C)CC1.I. The molecule has 0 radical (unpaired) electrons. The second-order valence-electron chi connectivity index (χ2n) is 6.07. The summed E-state index contributed by atoms with van der Waals surface area (Å²) in [4.78, 5) is 20.1. The highest BCUT2D eigenvalue weighted by Crippen LogP contribution is 2.15. The lowest BCUT2D eigenvalue weighted by molar-refractivity contribution is -0.127. The average molecular weight is 440 g/mol. The van der Waals surface area contributed by atoms with Gasteiger partial charge in [0, 0.05) is 46.9 Å². The summed E-state index contributed by atoms with van der Waals surface area (Å²) in [7, 11) is 3.52. The number of carbonyl (C=O) groups is 1. The number of carbonyl (C=O) groups excluding carboxylic acids is 1. The minimum atomic E-state index is 0. The fraction of sp³-hybridized carbons (Fsp3) is 0.875. The predicted molar refractivity (Wildman–Crippen MR) is 105 cm³/mol. The fourth-order valence-electron chi connectivity index (χ4n) is 2.29. The largest absolute Gasteiger partial charge is 0.382 e. The summed E-state index contributed by atoms with van der Waals surface area (Å²) in [5.74, 6) is 1.66. The number of likely N-dealkylation sites (tertiary alicyclic amines) is 1. The number of aliphatic imine (C=N–C) groups is 1. The molecule has 0 aromatic carbocycles. The number of likely N-dealkylation sites (N-methyl/N-ethyl adjacent to an activating group) is 1. The maximum absolute atomic E-state index is 11.7. The summed E-state index contributed by atoms with van der Waals surface area (Å²) in [5.41, 5.74) is 0. The number of amides is 1. The zero-order valence-electron chi connectivity index (χ0n) is 15.0. The van der Waals surface area contributed by atoms with Crippen LogP contribution in [0.15, 0.2) is 4.99 Å². The third-order valence-corrected chi connectivity index (χ3v) is 3.90. The molecule has 1 amide bonds. The van der Waals surface area contributed by atoms with Crippen molar-refractivity contribution in [2.75, 3.05) is 53.5 Å². The van der Waals surface area contributed by atoms with Gasteiger partial charge in [0.25, 0.3) is 0 Å². The smallest absolute Gasteiger partial charge is 0.243 e. The number of hydrogen-bond donors (Lipinski definition) is 1. The van der Waals surface area contributed by atoms with Crippen LogP contribution in [0, 0.1) is 5.92 Å². The maximum Gasteiger partial charge on any atom is 0.243 e. The van der Waals surface area contributed by atoms with Gasteiger partial charge in [-0.3, -0.25) is 4.79 Å². The van der Waals surface area contributed by atoms with E-state index in [2.05, 4.69) is 22.1 Å². The van der Waals surface area contributed by atoms with Crippen molar-refractivity contribution in [2.45, 2.75) is 33.1 Å². The molecule has 1 rings (SSSR count). The number of rotatable bonds is 7. The van der Waals surface area contributed by atoms with Gasteiger partial charge in [0.15, 0.2) is 5.96 Å². The third-order valence-electron chi connectivity index (χ3n) is 3.90. The second-order valence-corrected chi connectivity index (χ2v) is 6.07. The first-order valence-corrected chi connectivity index (χ1v) is 8.35. The highest BCUT2D eigenvalue weighted by Gasteiger charge is 2.19. The Morgan fingerprint density at radius 3 is 2.57 bits per heavy atom. The van der Waals surface area contributed by atoms with Gasteiger partial charge in [-0.25, -0.2) is 4.99 Å². The summed E-state index contributed by atoms with van der Waals surface area (Å²) >= 11 is 0. The van der Waals surface area contributed by atoms with E-state index in [0.717, 1.165) is 51.1 Å². The fourth-order valence-corrected chi connectivity index (χ4v) is 2.29. The van der Waals surface area contributed by atoms with Crippen molar-refractivity contribution >= 4 is 35.8 Å². The van der Waals surface area contributed by atoms with Gasteiger partial charge in [-0.15, -0.1) is 24.0 Å². The van der Waals surface area contributed by atoms with Crippen molar-refractivity contribution < 1.29 is 9.53 Å². The van der Waals surface area contributed by atoms with Crippen molar-refractivity contribution in [3.05, 3.63) is 0 Å². The van der Waals surface area contributed by atoms with Gasteiger partial charge < -0.3 is 19.9 Å². The van der Waals surface area contributed by atoms with Crippen LogP contribution >= 0.6 is 24.0 Å². The molecule has 0 bridgehead atoms. The van der Waals surface area contributed by atoms with Gasteiger partial charge in [-0.1, -0.05) is 6.92 Å². The molecule has 6 nitrogen and oxygen atoms in total.